The number of carbonyl (C=O) groups is 3. The molecule has 0 spiro atoms. The van der Waals surface area contributed by atoms with Gasteiger partial charge >= 0.3 is 0 Å². The number of benzene rings is 3. The number of ketones is 1. The number of imide groups is 1. The van der Waals surface area contributed by atoms with E-state index >= 15 is 0 Å². The van der Waals surface area contributed by atoms with Gasteiger partial charge in [-0.25, -0.2) is 4.90 Å². The summed E-state index contributed by atoms with van der Waals surface area (Å²) >= 11 is 0. The van der Waals surface area contributed by atoms with Crippen molar-refractivity contribution in [2.24, 2.45) is 11.8 Å². The highest BCUT2D eigenvalue weighted by Crippen LogP contribution is 2.66. The molecule has 0 unspecified atom stereocenters. The Morgan fingerprint density at radius 1 is 0.688 bits per heavy atom. The normalized spacial score (nSPS) is 29.5. The van der Waals surface area contributed by atoms with E-state index < -0.39 is 22.7 Å². The molecule has 7 rings (SSSR count). The van der Waals surface area contributed by atoms with Crippen molar-refractivity contribution in [2.75, 3.05) is 4.90 Å². The minimum absolute atomic E-state index is 0.0479. The maximum atomic E-state index is 14.0. The molecule has 2 amide bonds. The van der Waals surface area contributed by atoms with Gasteiger partial charge < -0.3 is 0 Å². The fraction of sp³-hybridized carbons (Fsp3) is 0.250. The van der Waals surface area contributed by atoms with Gasteiger partial charge in [0.15, 0.2) is 5.78 Å². The average molecular weight is 421 g/mol. The summed E-state index contributed by atoms with van der Waals surface area (Å²) in [7, 11) is 0. The first kappa shape index (κ1) is 19.2. The number of amides is 2. The fourth-order valence-corrected chi connectivity index (χ4v) is 6.67. The van der Waals surface area contributed by atoms with Crippen LogP contribution in [0.4, 0.5) is 5.69 Å². The third-order valence-electron chi connectivity index (χ3n) is 8.17. The van der Waals surface area contributed by atoms with Crippen LogP contribution >= 0.6 is 0 Å². The number of carbonyl (C=O) groups excluding carboxylic acids is 3. The van der Waals surface area contributed by atoms with E-state index in [0.717, 1.165) is 22.3 Å². The molecular formula is C28H23NO3. The van der Waals surface area contributed by atoms with Crippen molar-refractivity contribution in [3.63, 3.8) is 0 Å². The maximum Gasteiger partial charge on any atom is 0.238 e. The number of hydrogen-bond donors (Lipinski definition) is 0. The Labute approximate surface area is 186 Å². The van der Waals surface area contributed by atoms with Crippen LogP contribution in [0.3, 0.4) is 0 Å². The lowest BCUT2D eigenvalue weighted by Gasteiger charge is -2.57. The third-order valence-corrected chi connectivity index (χ3v) is 8.17. The highest BCUT2D eigenvalue weighted by atomic mass is 16.2. The summed E-state index contributed by atoms with van der Waals surface area (Å²) in [6, 6.07) is 23.3. The van der Waals surface area contributed by atoms with Crippen molar-refractivity contribution < 1.29 is 14.4 Å². The number of rotatable bonds is 2. The lowest BCUT2D eigenvalue weighted by atomic mass is 9.42. The first-order valence-corrected chi connectivity index (χ1v) is 11.0. The van der Waals surface area contributed by atoms with Crippen molar-refractivity contribution in [3.8, 4) is 0 Å². The summed E-state index contributed by atoms with van der Waals surface area (Å²) in [5, 5.41) is 0. The van der Waals surface area contributed by atoms with Gasteiger partial charge in [0, 0.05) is 16.4 Å². The quantitative estimate of drug-likeness (QED) is 0.448. The Balaban J connectivity index is 1.60. The van der Waals surface area contributed by atoms with E-state index in [0.29, 0.717) is 11.3 Å². The maximum absolute atomic E-state index is 14.0. The van der Waals surface area contributed by atoms with E-state index in [1.54, 1.807) is 24.3 Å². The van der Waals surface area contributed by atoms with Crippen LogP contribution in [0.15, 0.2) is 72.8 Å². The van der Waals surface area contributed by atoms with E-state index in [2.05, 4.69) is 38.1 Å². The molecule has 3 aromatic carbocycles. The van der Waals surface area contributed by atoms with Gasteiger partial charge in [-0.15, -0.1) is 0 Å². The number of Topliss-reactive ketones (excluding diaryl/α,β-unsaturated/α-hetero) is 1. The average Bonchev–Trinajstić information content (AvgIpc) is 3.08. The molecule has 32 heavy (non-hydrogen) atoms. The lowest BCUT2D eigenvalue weighted by Crippen LogP contribution is -2.59. The monoisotopic (exact) mass is 421 g/mol. The molecule has 2 atom stereocenters. The fourth-order valence-electron chi connectivity index (χ4n) is 6.67. The molecule has 4 aliphatic rings. The van der Waals surface area contributed by atoms with Crippen LogP contribution < -0.4 is 4.90 Å². The molecule has 158 valence electrons. The van der Waals surface area contributed by atoms with Crippen LogP contribution in [0.5, 0.6) is 0 Å². The first-order valence-electron chi connectivity index (χ1n) is 11.0. The van der Waals surface area contributed by atoms with Gasteiger partial charge in [-0.1, -0.05) is 62.4 Å². The van der Waals surface area contributed by atoms with Crippen molar-refractivity contribution in [1.29, 1.82) is 0 Å². The zero-order valence-electron chi connectivity index (χ0n) is 18.3. The topological polar surface area (TPSA) is 54.5 Å². The van der Waals surface area contributed by atoms with Crippen LogP contribution in [-0.4, -0.2) is 17.6 Å². The Morgan fingerprint density at radius 3 is 1.41 bits per heavy atom. The molecule has 1 heterocycles. The van der Waals surface area contributed by atoms with Crippen molar-refractivity contribution in [2.45, 2.75) is 31.6 Å². The Morgan fingerprint density at radius 2 is 1.06 bits per heavy atom. The summed E-state index contributed by atoms with van der Waals surface area (Å²) in [4.78, 5) is 41.0. The minimum atomic E-state index is -0.587. The minimum Gasteiger partial charge on any atom is -0.295 e. The van der Waals surface area contributed by atoms with Gasteiger partial charge in [0.2, 0.25) is 11.8 Å². The highest BCUT2D eigenvalue weighted by Gasteiger charge is 2.70. The van der Waals surface area contributed by atoms with Crippen molar-refractivity contribution in [1.82, 2.24) is 0 Å². The largest absolute Gasteiger partial charge is 0.295 e. The number of hydrogen-bond acceptors (Lipinski definition) is 3. The molecule has 1 fully saturated rings. The molecule has 3 aromatic rings. The molecule has 2 bridgehead atoms. The third kappa shape index (κ3) is 2.01. The molecule has 4 heteroatoms. The van der Waals surface area contributed by atoms with E-state index in [9.17, 15) is 14.4 Å². The van der Waals surface area contributed by atoms with Gasteiger partial charge in [0.1, 0.15) is 0 Å². The van der Waals surface area contributed by atoms with Crippen LogP contribution in [-0.2, 0) is 20.4 Å². The van der Waals surface area contributed by atoms with Gasteiger partial charge in [0.05, 0.1) is 17.5 Å². The standard InChI is InChI=1S/C28H23NO3/c1-16(30)17-12-14-18(15-13-17)29-25(31)23-24(26(29)32)28(3)21-10-6-4-8-19(21)27(23,2)20-9-5-7-11-22(20)28/h4-15,23-24H,1-3H3/t23-,24-,27?,28?/m1/s1. The molecule has 4 nitrogen and oxygen atoms in total. The second-order valence-electron chi connectivity index (χ2n) is 9.57. The molecule has 0 N–H and O–H groups in total. The zero-order valence-corrected chi connectivity index (χ0v) is 18.3. The van der Waals surface area contributed by atoms with Crippen LogP contribution in [0.25, 0.3) is 0 Å². The Hall–Kier alpha value is -3.53. The summed E-state index contributed by atoms with van der Waals surface area (Å²) in [5.74, 6) is -1.32. The van der Waals surface area contributed by atoms with E-state index in [1.165, 1.54) is 11.8 Å². The summed E-state index contributed by atoms with van der Waals surface area (Å²) < 4.78 is 0. The Bertz CT molecular complexity index is 1220. The highest BCUT2D eigenvalue weighted by molar-refractivity contribution is 6.24. The number of nitrogens with zero attached hydrogens (tertiary/aromatic N) is 1. The SMILES string of the molecule is CC(=O)c1ccc(N2C(=O)[C@H]3[C@H](C2=O)C2(C)c4ccccc4C3(C)c3ccccc32)cc1. The van der Waals surface area contributed by atoms with Crippen LogP contribution in [0, 0.1) is 11.8 Å². The molecule has 1 saturated heterocycles. The van der Waals surface area contributed by atoms with Crippen molar-refractivity contribution >= 4 is 23.3 Å². The lowest BCUT2D eigenvalue weighted by molar-refractivity contribution is -0.124. The summed E-state index contributed by atoms with van der Waals surface area (Å²) in [5.41, 5.74) is 4.46. The van der Waals surface area contributed by atoms with Crippen LogP contribution in [0.2, 0.25) is 0 Å². The van der Waals surface area contributed by atoms with Crippen molar-refractivity contribution in [3.05, 3.63) is 101 Å². The van der Waals surface area contributed by atoms with Gasteiger partial charge in [-0.05, 0) is 53.4 Å². The molecular weight excluding hydrogens is 398 g/mol. The van der Waals surface area contributed by atoms with E-state index in [4.69, 9.17) is 0 Å². The second-order valence-corrected chi connectivity index (χ2v) is 9.57. The smallest absolute Gasteiger partial charge is 0.238 e. The molecule has 3 aliphatic carbocycles. The molecule has 0 saturated carbocycles. The van der Waals surface area contributed by atoms with Gasteiger partial charge in [-0.2, -0.15) is 0 Å². The predicted molar refractivity (Wildman–Crippen MR) is 122 cm³/mol. The predicted octanol–water partition coefficient (Wildman–Crippen LogP) is 4.63. The number of anilines is 1. The van der Waals surface area contributed by atoms with Gasteiger partial charge in [0.25, 0.3) is 0 Å². The second kappa shape index (κ2) is 6.04. The van der Waals surface area contributed by atoms with E-state index in [-0.39, 0.29) is 17.6 Å². The zero-order chi connectivity index (χ0) is 22.4. The Kier molecular flexibility index (Phi) is 3.62. The molecule has 0 aromatic heterocycles. The van der Waals surface area contributed by atoms with Gasteiger partial charge in [-0.3, -0.25) is 14.4 Å². The first-order chi connectivity index (χ1) is 15.3. The molecule has 1 aliphatic heterocycles. The molecule has 0 radical (unpaired) electrons. The van der Waals surface area contributed by atoms with E-state index in [1.807, 2.05) is 24.3 Å². The summed E-state index contributed by atoms with van der Waals surface area (Å²) in [6.07, 6.45) is 0. The van der Waals surface area contributed by atoms with Crippen LogP contribution in [0.1, 0.15) is 53.4 Å². The summed E-state index contributed by atoms with van der Waals surface area (Å²) in [6.45, 7) is 5.74.